The Morgan fingerprint density at radius 3 is 2.59 bits per heavy atom. The molecule has 0 radical (unpaired) electrons. The van der Waals surface area contributed by atoms with Crippen LogP contribution < -0.4 is 11.1 Å². The van der Waals surface area contributed by atoms with E-state index in [0.29, 0.717) is 18.8 Å². The summed E-state index contributed by atoms with van der Waals surface area (Å²) in [6, 6.07) is 17.3. The molecule has 6 nitrogen and oxygen atoms in total. The molecule has 144 valence electrons. The molecule has 6 heteroatoms. The van der Waals surface area contributed by atoms with Crippen molar-refractivity contribution in [2.45, 2.75) is 18.6 Å². The lowest BCUT2D eigenvalue weighted by molar-refractivity contribution is -0.130. The minimum atomic E-state index is -0.269. The van der Waals surface area contributed by atoms with E-state index in [4.69, 9.17) is 5.73 Å². The van der Waals surface area contributed by atoms with Crippen molar-refractivity contribution in [2.24, 2.45) is 0 Å². The number of β-amino-alcohol motifs (C(OH)–C–C–N with tert-alkyl or cyclic N) is 1. The van der Waals surface area contributed by atoms with E-state index in [0.717, 1.165) is 24.2 Å². The molecule has 2 aromatic rings. The van der Waals surface area contributed by atoms with E-state index in [1.54, 1.807) is 4.90 Å². The summed E-state index contributed by atoms with van der Waals surface area (Å²) >= 11 is 0. The number of aliphatic hydroxyl groups is 1. The number of rotatable bonds is 7. The zero-order valence-electron chi connectivity index (χ0n) is 15.7. The van der Waals surface area contributed by atoms with E-state index >= 15 is 0 Å². The highest BCUT2D eigenvalue weighted by molar-refractivity contribution is 5.81. The monoisotopic (exact) mass is 368 g/mol. The molecule has 1 aliphatic heterocycles. The predicted octanol–water partition coefficient (Wildman–Crippen LogP) is 1.95. The van der Waals surface area contributed by atoms with Crippen molar-refractivity contribution < 1.29 is 9.90 Å². The van der Waals surface area contributed by atoms with Crippen LogP contribution in [0.1, 0.15) is 18.0 Å². The molecule has 0 bridgehead atoms. The first-order valence-electron chi connectivity index (χ1n) is 9.33. The lowest BCUT2D eigenvalue weighted by Crippen LogP contribution is -2.41. The van der Waals surface area contributed by atoms with E-state index in [9.17, 15) is 9.90 Å². The number of likely N-dealkylation sites (N-methyl/N-ethyl adjacent to an activating group) is 1. The van der Waals surface area contributed by atoms with Gasteiger partial charge in [0.2, 0.25) is 5.91 Å². The standard InChI is InChI=1S/C21H28N4O2/c1-24(21(27)13-23-18-9-7-17(22)8-10-18)20(16-5-3-2-4-6-16)15-25-12-11-19(26)14-25/h2-10,19-20,23,26H,11-15,22H2,1H3/t19-,20+/m0/s1. The van der Waals surface area contributed by atoms with Gasteiger partial charge in [0.1, 0.15) is 0 Å². The maximum absolute atomic E-state index is 12.8. The summed E-state index contributed by atoms with van der Waals surface area (Å²) in [4.78, 5) is 16.8. The lowest BCUT2D eigenvalue weighted by Gasteiger charge is -2.32. The fourth-order valence-electron chi connectivity index (χ4n) is 3.43. The highest BCUT2D eigenvalue weighted by Gasteiger charge is 2.27. The quantitative estimate of drug-likeness (QED) is 0.651. The zero-order chi connectivity index (χ0) is 19.2. The van der Waals surface area contributed by atoms with Crippen LogP contribution in [0.15, 0.2) is 54.6 Å². The van der Waals surface area contributed by atoms with Crippen molar-refractivity contribution >= 4 is 17.3 Å². The van der Waals surface area contributed by atoms with Crippen molar-refractivity contribution in [3.05, 3.63) is 60.2 Å². The second kappa shape index (κ2) is 8.88. The molecular formula is C21H28N4O2. The fourth-order valence-corrected chi connectivity index (χ4v) is 3.43. The van der Waals surface area contributed by atoms with Gasteiger partial charge < -0.3 is 21.1 Å². The van der Waals surface area contributed by atoms with Crippen LogP contribution in [-0.2, 0) is 4.79 Å². The SMILES string of the molecule is CN(C(=O)CNc1ccc(N)cc1)[C@H](CN1CC[C@H](O)C1)c1ccccc1. The summed E-state index contributed by atoms with van der Waals surface area (Å²) in [5, 5.41) is 13.0. The maximum atomic E-state index is 12.8. The Labute approximate surface area is 160 Å². The number of carbonyl (C=O) groups is 1. The number of hydrogen-bond acceptors (Lipinski definition) is 5. The number of amides is 1. The van der Waals surface area contributed by atoms with Gasteiger partial charge in [-0.25, -0.2) is 0 Å². The summed E-state index contributed by atoms with van der Waals surface area (Å²) in [6.07, 6.45) is 0.521. The highest BCUT2D eigenvalue weighted by Crippen LogP contribution is 2.23. The number of carbonyl (C=O) groups excluding carboxylic acids is 1. The maximum Gasteiger partial charge on any atom is 0.242 e. The normalized spacial score (nSPS) is 18.2. The number of nitrogens with one attached hydrogen (secondary N) is 1. The number of hydrogen-bond donors (Lipinski definition) is 3. The number of nitrogens with two attached hydrogens (primary N) is 1. The molecule has 1 amide bonds. The van der Waals surface area contributed by atoms with Gasteiger partial charge in [-0.05, 0) is 36.2 Å². The van der Waals surface area contributed by atoms with Crippen LogP contribution in [0.5, 0.6) is 0 Å². The number of nitrogen functional groups attached to an aromatic ring is 1. The van der Waals surface area contributed by atoms with Gasteiger partial charge in [0, 0.05) is 38.1 Å². The molecule has 27 heavy (non-hydrogen) atoms. The average molecular weight is 368 g/mol. The van der Waals surface area contributed by atoms with Gasteiger partial charge in [-0.2, -0.15) is 0 Å². The van der Waals surface area contributed by atoms with Crippen molar-refractivity contribution in [2.75, 3.05) is 44.3 Å². The van der Waals surface area contributed by atoms with Crippen molar-refractivity contribution in [1.29, 1.82) is 0 Å². The van der Waals surface area contributed by atoms with Gasteiger partial charge in [0.25, 0.3) is 0 Å². The molecule has 1 aliphatic rings. The Bertz CT molecular complexity index is 736. The van der Waals surface area contributed by atoms with Crippen LogP contribution in [-0.4, -0.2) is 60.1 Å². The van der Waals surface area contributed by atoms with Gasteiger partial charge in [-0.15, -0.1) is 0 Å². The van der Waals surface area contributed by atoms with Crippen LogP contribution in [0.3, 0.4) is 0 Å². The molecule has 0 saturated carbocycles. The van der Waals surface area contributed by atoms with Crippen LogP contribution in [0.2, 0.25) is 0 Å². The molecule has 4 N–H and O–H groups in total. The Morgan fingerprint density at radius 1 is 1.26 bits per heavy atom. The zero-order valence-corrected chi connectivity index (χ0v) is 15.7. The average Bonchev–Trinajstić information content (AvgIpc) is 3.10. The second-order valence-electron chi connectivity index (χ2n) is 7.11. The van der Waals surface area contributed by atoms with Crippen LogP contribution in [0, 0.1) is 0 Å². The van der Waals surface area contributed by atoms with E-state index in [1.165, 1.54) is 0 Å². The molecular weight excluding hydrogens is 340 g/mol. The van der Waals surface area contributed by atoms with Gasteiger partial charge >= 0.3 is 0 Å². The molecule has 3 rings (SSSR count). The third-order valence-electron chi connectivity index (χ3n) is 5.08. The van der Waals surface area contributed by atoms with Gasteiger partial charge in [0.15, 0.2) is 0 Å². The third kappa shape index (κ3) is 5.21. The number of nitrogens with zero attached hydrogens (tertiary/aromatic N) is 2. The van der Waals surface area contributed by atoms with Crippen molar-refractivity contribution in [3.8, 4) is 0 Å². The first-order valence-corrected chi connectivity index (χ1v) is 9.33. The summed E-state index contributed by atoms with van der Waals surface area (Å²) in [5.74, 6) is 0.0143. The fraction of sp³-hybridized carbons (Fsp3) is 0.381. The van der Waals surface area contributed by atoms with E-state index in [-0.39, 0.29) is 24.6 Å². The van der Waals surface area contributed by atoms with E-state index < -0.39 is 0 Å². The summed E-state index contributed by atoms with van der Waals surface area (Å²) in [6.45, 7) is 2.45. The predicted molar refractivity (Wildman–Crippen MR) is 108 cm³/mol. The minimum Gasteiger partial charge on any atom is -0.399 e. The molecule has 0 spiro atoms. The van der Waals surface area contributed by atoms with E-state index in [2.05, 4.69) is 10.2 Å². The lowest BCUT2D eigenvalue weighted by atomic mass is 10.0. The number of likely N-dealkylation sites (tertiary alicyclic amines) is 1. The van der Waals surface area contributed by atoms with Gasteiger partial charge in [0.05, 0.1) is 18.7 Å². The first-order chi connectivity index (χ1) is 13.0. The van der Waals surface area contributed by atoms with E-state index in [1.807, 2.05) is 61.6 Å². The van der Waals surface area contributed by atoms with Gasteiger partial charge in [-0.1, -0.05) is 30.3 Å². The van der Waals surface area contributed by atoms with Crippen LogP contribution in [0.25, 0.3) is 0 Å². The van der Waals surface area contributed by atoms with Gasteiger partial charge in [-0.3, -0.25) is 9.69 Å². The topological polar surface area (TPSA) is 81.8 Å². The Kier molecular flexibility index (Phi) is 6.32. The molecule has 0 aliphatic carbocycles. The molecule has 0 unspecified atom stereocenters. The van der Waals surface area contributed by atoms with Crippen LogP contribution >= 0.6 is 0 Å². The molecule has 1 saturated heterocycles. The Hall–Kier alpha value is -2.57. The van der Waals surface area contributed by atoms with Crippen molar-refractivity contribution in [3.63, 3.8) is 0 Å². The first kappa shape index (κ1) is 19.2. The van der Waals surface area contributed by atoms with Crippen molar-refractivity contribution in [1.82, 2.24) is 9.80 Å². The van der Waals surface area contributed by atoms with Crippen LogP contribution in [0.4, 0.5) is 11.4 Å². The minimum absolute atomic E-state index is 0.0143. The highest BCUT2D eigenvalue weighted by atomic mass is 16.3. The smallest absolute Gasteiger partial charge is 0.242 e. The molecule has 0 aromatic heterocycles. The third-order valence-corrected chi connectivity index (χ3v) is 5.08. The largest absolute Gasteiger partial charge is 0.399 e. The summed E-state index contributed by atoms with van der Waals surface area (Å²) in [5.41, 5.74) is 8.36. The number of aliphatic hydroxyl groups excluding tert-OH is 1. The number of anilines is 2. The molecule has 1 heterocycles. The summed E-state index contributed by atoms with van der Waals surface area (Å²) in [7, 11) is 1.84. The molecule has 2 atom stereocenters. The Morgan fingerprint density at radius 2 is 1.96 bits per heavy atom. The molecule has 2 aromatic carbocycles. The second-order valence-corrected chi connectivity index (χ2v) is 7.11. The summed E-state index contributed by atoms with van der Waals surface area (Å²) < 4.78 is 0. The number of benzene rings is 2. The Balaban J connectivity index is 1.66. The molecule has 1 fully saturated rings.